The fourth-order valence-electron chi connectivity index (χ4n) is 2.69. The Hall–Kier alpha value is -0.640. The van der Waals surface area contributed by atoms with E-state index in [4.69, 9.17) is 17.3 Å². The van der Waals surface area contributed by atoms with Gasteiger partial charge in [-0.25, -0.2) is 4.39 Å². The minimum atomic E-state index is -0.373. The minimum absolute atomic E-state index is 0.0227. The van der Waals surface area contributed by atoms with Gasteiger partial charge in [0.1, 0.15) is 5.82 Å². The van der Waals surface area contributed by atoms with Crippen LogP contribution in [0.3, 0.4) is 0 Å². The average molecular weight is 271 g/mol. The molecule has 18 heavy (non-hydrogen) atoms. The summed E-state index contributed by atoms with van der Waals surface area (Å²) in [5.41, 5.74) is 7.13. The van der Waals surface area contributed by atoms with E-state index >= 15 is 0 Å². The largest absolute Gasteiger partial charge is 0.326 e. The number of likely N-dealkylation sites (tertiary alicyclic amines) is 1. The predicted octanol–water partition coefficient (Wildman–Crippen LogP) is 3.35. The van der Waals surface area contributed by atoms with Gasteiger partial charge in [-0.1, -0.05) is 17.7 Å². The molecular formula is C14H20ClFN2. The zero-order valence-corrected chi connectivity index (χ0v) is 11.8. The Kier molecular flexibility index (Phi) is 3.67. The molecular weight excluding hydrogens is 251 g/mol. The van der Waals surface area contributed by atoms with Crippen LogP contribution in [0.4, 0.5) is 4.39 Å². The van der Waals surface area contributed by atoms with E-state index in [0.717, 1.165) is 18.5 Å². The normalized spacial score (nSPS) is 25.7. The summed E-state index contributed by atoms with van der Waals surface area (Å²) in [7, 11) is 0. The van der Waals surface area contributed by atoms with Crippen LogP contribution < -0.4 is 5.73 Å². The number of nitrogens with zero attached hydrogens (tertiary/aromatic N) is 1. The first kappa shape index (κ1) is 13.8. The highest BCUT2D eigenvalue weighted by Gasteiger charge is 2.38. The van der Waals surface area contributed by atoms with Gasteiger partial charge in [0.05, 0.1) is 11.1 Å². The highest BCUT2D eigenvalue weighted by molar-refractivity contribution is 6.30. The maximum Gasteiger partial charge on any atom is 0.142 e. The Morgan fingerprint density at radius 2 is 2.06 bits per heavy atom. The van der Waals surface area contributed by atoms with Gasteiger partial charge in [-0.05, 0) is 44.9 Å². The molecule has 1 aromatic rings. The van der Waals surface area contributed by atoms with Crippen LogP contribution in [0.1, 0.15) is 38.8 Å². The molecule has 0 bridgehead atoms. The van der Waals surface area contributed by atoms with Crippen LogP contribution >= 0.6 is 11.6 Å². The van der Waals surface area contributed by atoms with E-state index in [9.17, 15) is 4.39 Å². The van der Waals surface area contributed by atoms with Gasteiger partial charge in [-0.15, -0.1) is 0 Å². The molecule has 1 saturated heterocycles. The molecule has 2 rings (SSSR count). The van der Waals surface area contributed by atoms with Gasteiger partial charge in [0.15, 0.2) is 0 Å². The van der Waals surface area contributed by atoms with Crippen LogP contribution in [0, 0.1) is 5.82 Å². The first-order valence-corrected chi connectivity index (χ1v) is 6.66. The number of benzene rings is 1. The molecule has 1 fully saturated rings. The Bertz CT molecular complexity index is 442. The van der Waals surface area contributed by atoms with Crippen LogP contribution in [-0.4, -0.2) is 23.0 Å². The Balaban J connectivity index is 2.37. The average Bonchev–Trinajstić information content (AvgIpc) is 2.64. The molecule has 4 heteroatoms. The fraction of sp³-hybridized carbons (Fsp3) is 0.571. The summed E-state index contributed by atoms with van der Waals surface area (Å²) in [4.78, 5) is 2.33. The quantitative estimate of drug-likeness (QED) is 0.848. The molecule has 0 aliphatic carbocycles. The van der Waals surface area contributed by atoms with E-state index < -0.39 is 0 Å². The van der Waals surface area contributed by atoms with Gasteiger partial charge in [0.25, 0.3) is 0 Å². The second kappa shape index (κ2) is 4.80. The van der Waals surface area contributed by atoms with Crippen molar-refractivity contribution in [2.75, 3.05) is 6.54 Å². The number of nitrogens with two attached hydrogens (primary N) is 1. The van der Waals surface area contributed by atoms with Crippen molar-refractivity contribution in [3.05, 3.63) is 34.6 Å². The highest BCUT2D eigenvalue weighted by atomic mass is 35.5. The third kappa shape index (κ3) is 2.53. The zero-order valence-electron chi connectivity index (χ0n) is 11.1. The smallest absolute Gasteiger partial charge is 0.142 e. The Morgan fingerprint density at radius 1 is 1.39 bits per heavy atom. The lowest BCUT2D eigenvalue weighted by molar-refractivity contribution is 0.117. The van der Waals surface area contributed by atoms with Crippen molar-refractivity contribution in [2.45, 2.75) is 44.8 Å². The van der Waals surface area contributed by atoms with Crippen LogP contribution in [0.25, 0.3) is 0 Å². The molecule has 0 saturated carbocycles. The lowest BCUT2D eigenvalue weighted by atomic mass is 9.97. The van der Waals surface area contributed by atoms with Gasteiger partial charge >= 0.3 is 0 Å². The standard InChI is InChI=1S/C14H20ClFN2/c1-14(2,3)18-7-6-12(17)13(18)9-4-5-10(15)11(16)8-9/h4-5,8,12-13H,6-7,17H2,1-3H3/t12-,13+/m0/s1. The molecule has 2 atom stereocenters. The first-order chi connectivity index (χ1) is 8.30. The Morgan fingerprint density at radius 3 is 2.61 bits per heavy atom. The van der Waals surface area contributed by atoms with Gasteiger partial charge in [0.2, 0.25) is 0 Å². The van der Waals surface area contributed by atoms with Crippen molar-refractivity contribution in [2.24, 2.45) is 5.73 Å². The van der Waals surface area contributed by atoms with Crippen molar-refractivity contribution >= 4 is 11.6 Å². The maximum atomic E-state index is 13.6. The van der Waals surface area contributed by atoms with E-state index in [2.05, 4.69) is 25.7 Å². The summed E-state index contributed by atoms with van der Waals surface area (Å²) in [6.07, 6.45) is 0.937. The molecule has 0 spiro atoms. The summed E-state index contributed by atoms with van der Waals surface area (Å²) in [5, 5.41) is 0.160. The van der Waals surface area contributed by atoms with Crippen molar-refractivity contribution in [1.82, 2.24) is 4.90 Å². The maximum absolute atomic E-state index is 13.6. The number of rotatable bonds is 1. The summed E-state index contributed by atoms with van der Waals surface area (Å²) in [6.45, 7) is 7.42. The molecule has 0 unspecified atom stereocenters. The molecule has 0 aromatic heterocycles. The summed E-state index contributed by atoms with van der Waals surface area (Å²) < 4.78 is 13.6. The van der Waals surface area contributed by atoms with E-state index in [0.29, 0.717) is 0 Å². The molecule has 1 aliphatic heterocycles. The van der Waals surface area contributed by atoms with Crippen molar-refractivity contribution < 1.29 is 4.39 Å². The molecule has 1 aliphatic rings. The predicted molar refractivity (Wildman–Crippen MR) is 73.2 cm³/mol. The van der Waals surface area contributed by atoms with Crippen LogP contribution in [-0.2, 0) is 0 Å². The molecule has 0 amide bonds. The third-order valence-corrected chi connectivity index (χ3v) is 3.90. The number of hydrogen-bond donors (Lipinski definition) is 1. The Labute approximate surface area is 113 Å². The van der Waals surface area contributed by atoms with Crippen molar-refractivity contribution in [3.8, 4) is 0 Å². The lowest BCUT2D eigenvalue weighted by Crippen LogP contribution is -2.43. The number of halogens is 2. The number of hydrogen-bond acceptors (Lipinski definition) is 2. The monoisotopic (exact) mass is 270 g/mol. The fourth-order valence-corrected chi connectivity index (χ4v) is 2.81. The molecule has 100 valence electrons. The summed E-state index contributed by atoms with van der Waals surface area (Å²) >= 11 is 5.73. The second-order valence-corrected chi connectivity index (χ2v) is 6.34. The van der Waals surface area contributed by atoms with E-state index in [1.165, 1.54) is 6.07 Å². The van der Waals surface area contributed by atoms with Gasteiger partial charge in [-0.3, -0.25) is 4.90 Å². The SMILES string of the molecule is CC(C)(C)N1CC[C@H](N)[C@H]1c1ccc(Cl)c(F)c1. The van der Waals surface area contributed by atoms with Gasteiger partial charge < -0.3 is 5.73 Å². The lowest BCUT2D eigenvalue weighted by Gasteiger charge is -2.38. The van der Waals surface area contributed by atoms with E-state index in [1.54, 1.807) is 6.07 Å². The van der Waals surface area contributed by atoms with Gasteiger partial charge in [-0.2, -0.15) is 0 Å². The highest BCUT2D eigenvalue weighted by Crippen LogP contribution is 2.37. The zero-order chi connectivity index (χ0) is 13.5. The van der Waals surface area contributed by atoms with Gasteiger partial charge in [0, 0.05) is 18.1 Å². The molecule has 0 radical (unpaired) electrons. The van der Waals surface area contributed by atoms with Crippen LogP contribution in [0.15, 0.2) is 18.2 Å². The second-order valence-electron chi connectivity index (χ2n) is 5.94. The summed E-state index contributed by atoms with van der Waals surface area (Å²) in [5.74, 6) is -0.373. The third-order valence-electron chi connectivity index (χ3n) is 3.59. The molecule has 2 N–H and O–H groups in total. The van der Waals surface area contributed by atoms with Crippen LogP contribution in [0.2, 0.25) is 5.02 Å². The van der Waals surface area contributed by atoms with Crippen molar-refractivity contribution in [1.29, 1.82) is 0 Å². The summed E-state index contributed by atoms with van der Waals surface area (Å²) in [6, 6.07) is 5.11. The first-order valence-electron chi connectivity index (χ1n) is 6.28. The minimum Gasteiger partial charge on any atom is -0.326 e. The molecule has 1 aromatic carbocycles. The molecule has 2 nitrogen and oxygen atoms in total. The van der Waals surface area contributed by atoms with E-state index in [1.807, 2.05) is 6.07 Å². The molecule has 1 heterocycles. The topological polar surface area (TPSA) is 29.3 Å². The van der Waals surface area contributed by atoms with Crippen molar-refractivity contribution in [3.63, 3.8) is 0 Å². The van der Waals surface area contributed by atoms with E-state index in [-0.39, 0.29) is 28.5 Å². The van der Waals surface area contributed by atoms with Crippen LogP contribution in [0.5, 0.6) is 0 Å².